The fourth-order valence-corrected chi connectivity index (χ4v) is 2.60. The monoisotopic (exact) mass is 180 g/mol. The third kappa shape index (κ3) is 0.802. The molecule has 0 bridgehead atoms. The SMILES string of the molecule is CCC1(C(=O)Cl)C(C)C1Cl. The van der Waals surface area contributed by atoms with Crippen molar-refractivity contribution in [1.82, 2.24) is 0 Å². The van der Waals surface area contributed by atoms with Crippen molar-refractivity contribution in [3.8, 4) is 0 Å². The molecule has 0 aromatic rings. The van der Waals surface area contributed by atoms with E-state index in [0.29, 0.717) is 0 Å². The van der Waals surface area contributed by atoms with Crippen LogP contribution >= 0.6 is 23.2 Å². The van der Waals surface area contributed by atoms with Crippen LogP contribution in [0.1, 0.15) is 20.3 Å². The van der Waals surface area contributed by atoms with E-state index < -0.39 is 5.41 Å². The molecule has 0 radical (unpaired) electrons. The van der Waals surface area contributed by atoms with Gasteiger partial charge in [-0.15, -0.1) is 11.6 Å². The minimum absolute atomic E-state index is 0.0394. The van der Waals surface area contributed by atoms with E-state index in [1.54, 1.807) is 0 Å². The maximum Gasteiger partial charge on any atom is 0.229 e. The van der Waals surface area contributed by atoms with E-state index in [1.807, 2.05) is 13.8 Å². The van der Waals surface area contributed by atoms with Crippen molar-refractivity contribution >= 4 is 28.4 Å². The van der Waals surface area contributed by atoms with Crippen LogP contribution in [0.25, 0.3) is 0 Å². The second-order valence-corrected chi connectivity index (χ2v) is 3.67. The van der Waals surface area contributed by atoms with E-state index in [2.05, 4.69) is 0 Å². The highest BCUT2D eigenvalue weighted by Gasteiger charge is 2.64. The first-order valence-corrected chi connectivity index (χ1v) is 4.22. The van der Waals surface area contributed by atoms with Crippen molar-refractivity contribution < 1.29 is 4.79 Å². The van der Waals surface area contributed by atoms with Crippen molar-refractivity contribution in [2.45, 2.75) is 25.6 Å². The number of carbonyl (C=O) groups excluding carboxylic acids is 1. The van der Waals surface area contributed by atoms with Gasteiger partial charge in [0.25, 0.3) is 0 Å². The minimum atomic E-state index is -0.400. The number of alkyl halides is 1. The summed E-state index contributed by atoms with van der Waals surface area (Å²) in [6, 6.07) is 0. The van der Waals surface area contributed by atoms with Crippen LogP contribution in [0.3, 0.4) is 0 Å². The van der Waals surface area contributed by atoms with Gasteiger partial charge in [-0.1, -0.05) is 13.8 Å². The van der Waals surface area contributed by atoms with Crippen LogP contribution < -0.4 is 0 Å². The van der Waals surface area contributed by atoms with E-state index in [0.717, 1.165) is 6.42 Å². The van der Waals surface area contributed by atoms with Crippen LogP contribution in [0.15, 0.2) is 0 Å². The van der Waals surface area contributed by atoms with E-state index in [-0.39, 0.29) is 16.5 Å². The standard InChI is InChI=1S/C7H10Cl2O/c1-3-7(6(9)10)4(2)5(7)8/h4-5H,3H2,1-2H3. The third-order valence-electron chi connectivity index (χ3n) is 2.59. The van der Waals surface area contributed by atoms with Crippen LogP contribution in [-0.4, -0.2) is 10.6 Å². The molecule has 58 valence electrons. The summed E-state index contributed by atoms with van der Waals surface area (Å²) in [6.07, 6.45) is 0.755. The Kier molecular flexibility index (Phi) is 1.99. The lowest BCUT2D eigenvalue weighted by Gasteiger charge is -2.05. The zero-order valence-corrected chi connectivity index (χ0v) is 7.54. The van der Waals surface area contributed by atoms with Gasteiger partial charge < -0.3 is 0 Å². The van der Waals surface area contributed by atoms with Gasteiger partial charge in [0.15, 0.2) is 0 Å². The van der Waals surface area contributed by atoms with E-state index >= 15 is 0 Å². The molecule has 1 rings (SSSR count). The van der Waals surface area contributed by atoms with E-state index in [9.17, 15) is 4.79 Å². The smallest absolute Gasteiger partial charge is 0.229 e. The third-order valence-corrected chi connectivity index (χ3v) is 3.70. The van der Waals surface area contributed by atoms with Gasteiger partial charge in [0.1, 0.15) is 0 Å². The molecule has 0 aromatic carbocycles. The van der Waals surface area contributed by atoms with Crippen molar-refractivity contribution in [2.75, 3.05) is 0 Å². The number of rotatable bonds is 2. The molecule has 1 fully saturated rings. The fourth-order valence-electron chi connectivity index (χ4n) is 1.52. The largest absolute Gasteiger partial charge is 0.281 e. The first kappa shape index (κ1) is 8.35. The summed E-state index contributed by atoms with van der Waals surface area (Å²) in [5.74, 6) is 0.254. The maximum absolute atomic E-state index is 10.9. The molecule has 0 amide bonds. The summed E-state index contributed by atoms with van der Waals surface area (Å²) in [7, 11) is 0. The summed E-state index contributed by atoms with van der Waals surface area (Å²) in [5.41, 5.74) is -0.400. The summed E-state index contributed by atoms with van der Waals surface area (Å²) >= 11 is 11.2. The maximum atomic E-state index is 10.9. The van der Waals surface area contributed by atoms with Crippen LogP contribution in [0.2, 0.25) is 0 Å². The lowest BCUT2D eigenvalue weighted by Crippen LogP contribution is -2.12. The number of carbonyl (C=O) groups is 1. The van der Waals surface area contributed by atoms with Gasteiger partial charge in [-0.25, -0.2) is 0 Å². The zero-order chi connectivity index (χ0) is 7.94. The summed E-state index contributed by atoms with van der Waals surface area (Å²) in [4.78, 5) is 10.9. The van der Waals surface area contributed by atoms with Crippen molar-refractivity contribution in [3.05, 3.63) is 0 Å². The topological polar surface area (TPSA) is 17.1 Å². The molecule has 3 heteroatoms. The van der Waals surface area contributed by atoms with Crippen LogP contribution in [0, 0.1) is 11.3 Å². The summed E-state index contributed by atoms with van der Waals surface area (Å²) in [5, 5.41) is -0.315. The quantitative estimate of drug-likeness (QED) is 0.472. The number of hydrogen-bond acceptors (Lipinski definition) is 1. The molecule has 0 aliphatic heterocycles. The van der Waals surface area contributed by atoms with Gasteiger partial charge in [-0.3, -0.25) is 4.79 Å². The molecule has 0 saturated heterocycles. The Bertz CT molecular complexity index is 159. The van der Waals surface area contributed by atoms with Gasteiger partial charge >= 0.3 is 0 Å². The van der Waals surface area contributed by atoms with Crippen LogP contribution in [-0.2, 0) is 4.79 Å². The first-order chi connectivity index (χ1) is 4.57. The van der Waals surface area contributed by atoms with Crippen molar-refractivity contribution in [2.24, 2.45) is 11.3 Å². The Hall–Kier alpha value is 0.250. The normalized spacial score (nSPS) is 45.2. The first-order valence-electron chi connectivity index (χ1n) is 3.41. The molecule has 3 unspecified atom stereocenters. The molecule has 1 nitrogen and oxygen atoms in total. The molecular weight excluding hydrogens is 171 g/mol. The van der Waals surface area contributed by atoms with Gasteiger partial charge in [0.05, 0.1) is 10.8 Å². The number of halogens is 2. The lowest BCUT2D eigenvalue weighted by atomic mass is 10.0. The van der Waals surface area contributed by atoms with Crippen molar-refractivity contribution in [1.29, 1.82) is 0 Å². The summed E-state index contributed by atoms with van der Waals surface area (Å²) < 4.78 is 0. The second-order valence-electron chi connectivity index (χ2n) is 2.86. The highest BCUT2D eigenvalue weighted by molar-refractivity contribution is 6.66. The molecular formula is C7H10Cl2O. The molecule has 1 saturated carbocycles. The Balaban J connectivity index is 2.75. The Morgan fingerprint density at radius 2 is 2.10 bits per heavy atom. The Labute approximate surface area is 70.7 Å². The Morgan fingerprint density at radius 1 is 1.70 bits per heavy atom. The Morgan fingerprint density at radius 3 is 2.10 bits per heavy atom. The molecule has 0 heterocycles. The lowest BCUT2D eigenvalue weighted by molar-refractivity contribution is -0.116. The molecule has 0 spiro atoms. The predicted molar refractivity (Wildman–Crippen MR) is 42.4 cm³/mol. The van der Waals surface area contributed by atoms with Gasteiger partial charge in [0.2, 0.25) is 5.24 Å². The van der Waals surface area contributed by atoms with Crippen LogP contribution in [0.5, 0.6) is 0 Å². The molecule has 1 aliphatic carbocycles. The molecule has 10 heavy (non-hydrogen) atoms. The predicted octanol–water partition coefficient (Wildman–Crippen LogP) is 2.41. The highest BCUT2D eigenvalue weighted by Crippen LogP contribution is 2.59. The minimum Gasteiger partial charge on any atom is -0.281 e. The average molecular weight is 181 g/mol. The molecule has 0 aromatic heterocycles. The summed E-state index contributed by atoms with van der Waals surface area (Å²) in [6.45, 7) is 3.90. The van der Waals surface area contributed by atoms with E-state index in [4.69, 9.17) is 23.2 Å². The van der Waals surface area contributed by atoms with Gasteiger partial charge in [-0.05, 0) is 23.9 Å². The number of hydrogen-bond donors (Lipinski definition) is 0. The molecule has 0 N–H and O–H groups in total. The zero-order valence-electron chi connectivity index (χ0n) is 6.03. The second kappa shape index (κ2) is 2.38. The van der Waals surface area contributed by atoms with Crippen LogP contribution in [0.4, 0.5) is 0 Å². The fraction of sp³-hybridized carbons (Fsp3) is 0.857. The molecule has 3 atom stereocenters. The molecule has 1 aliphatic rings. The highest BCUT2D eigenvalue weighted by atomic mass is 35.5. The van der Waals surface area contributed by atoms with E-state index in [1.165, 1.54) is 0 Å². The van der Waals surface area contributed by atoms with Crippen molar-refractivity contribution in [3.63, 3.8) is 0 Å². The average Bonchev–Trinajstić information content (AvgIpc) is 2.38. The van der Waals surface area contributed by atoms with Gasteiger partial charge in [0, 0.05) is 0 Å². The van der Waals surface area contributed by atoms with Gasteiger partial charge in [-0.2, -0.15) is 0 Å².